The summed E-state index contributed by atoms with van der Waals surface area (Å²) in [7, 11) is 0. The van der Waals surface area contributed by atoms with Gasteiger partial charge in [0.25, 0.3) is 0 Å². The Labute approximate surface area is 343 Å². The number of nitrogens with zero attached hydrogens (tertiary/aromatic N) is 1. The largest absolute Gasteiger partial charge is 0.311 e. The van der Waals surface area contributed by atoms with Crippen molar-refractivity contribution in [3.63, 3.8) is 0 Å². The van der Waals surface area contributed by atoms with Crippen LogP contribution in [0.15, 0.2) is 127 Å². The van der Waals surface area contributed by atoms with Crippen LogP contribution in [0.5, 0.6) is 0 Å². The van der Waals surface area contributed by atoms with Crippen molar-refractivity contribution in [3.8, 4) is 0 Å². The minimum Gasteiger partial charge on any atom is -0.311 e. The number of rotatable bonds is 9. The lowest BCUT2D eigenvalue weighted by molar-refractivity contribution is 0.522. The molecule has 0 fully saturated rings. The van der Waals surface area contributed by atoms with Gasteiger partial charge in [-0.05, 0) is 121 Å². The van der Waals surface area contributed by atoms with Crippen LogP contribution in [0.3, 0.4) is 0 Å². The number of hydrogen-bond acceptors (Lipinski definition) is 1. The summed E-state index contributed by atoms with van der Waals surface area (Å²) < 4.78 is 44.6. The van der Waals surface area contributed by atoms with E-state index in [2.05, 4.69) is 77.7 Å². The Kier molecular flexibility index (Phi) is 12.2. The van der Waals surface area contributed by atoms with Crippen LogP contribution in [0, 0.1) is 17.5 Å². The Hall–Kier alpha value is -5.87. The van der Waals surface area contributed by atoms with Crippen molar-refractivity contribution in [2.75, 3.05) is 4.90 Å². The predicted molar refractivity (Wildman–Crippen MR) is 243 cm³/mol. The first-order valence-electron chi connectivity index (χ1n) is 19.9. The molecule has 296 valence electrons. The van der Waals surface area contributed by atoms with Crippen molar-refractivity contribution < 1.29 is 13.2 Å². The highest BCUT2D eigenvalue weighted by Crippen LogP contribution is 2.36. The summed E-state index contributed by atoms with van der Waals surface area (Å²) in [6.45, 7) is 18.1. The fraction of sp³-hybridized carbons (Fsp3) is 0.222. The molecule has 1 nitrogen and oxygen atoms in total. The fourth-order valence-electron chi connectivity index (χ4n) is 6.96. The molecule has 0 amide bonds. The van der Waals surface area contributed by atoms with Gasteiger partial charge in [0, 0.05) is 17.1 Å². The highest BCUT2D eigenvalue weighted by Gasteiger charge is 2.20. The van der Waals surface area contributed by atoms with Crippen LogP contribution >= 0.6 is 0 Å². The van der Waals surface area contributed by atoms with E-state index < -0.39 is 0 Å². The van der Waals surface area contributed by atoms with Crippen molar-refractivity contribution in [2.45, 2.75) is 78.6 Å². The maximum absolute atomic E-state index is 14.9. The molecule has 0 aliphatic carbocycles. The van der Waals surface area contributed by atoms with Crippen molar-refractivity contribution in [3.05, 3.63) is 195 Å². The van der Waals surface area contributed by atoms with Crippen LogP contribution in [-0.2, 0) is 16.2 Å². The van der Waals surface area contributed by atoms with E-state index in [1.54, 1.807) is 18.2 Å². The second-order valence-corrected chi connectivity index (χ2v) is 18.1. The monoisotopic (exact) mass is 773 g/mol. The molecule has 0 heterocycles. The van der Waals surface area contributed by atoms with E-state index in [9.17, 15) is 13.2 Å². The van der Waals surface area contributed by atoms with E-state index in [0.29, 0.717) is 16.7 Å². The molecule has 0 spiro atoms. The van der Waals surface area contributed by atoms with Gasteiger partial charge in [-0.25, -0.2) is 13.2 Å². The molecular weight excluding hydrogens is 720 g/mol. The third kappa shape index (κ3) is 10.3. The van der Waals surface area contributed by atoms with E-state index in [-0.39, 0.29) is 33.7 Å². The summed E-state index contributed by atoms with van der Waals surface area (Å²) in [5, 5.41) is 0. The van der Waals surface area contributed by atoms with Gasteiger partial charge in [-0.1, -0.05) is 172 Å². The molecule has 0 saturated heterocycles. The lowest BCUT2D eigenvalue weighted by Gasteiger charge is -2.26. The highest BCUT2D eigenvalue weighted by molar-refractivity contribution is 5.80. The highest BCUT2D eigenvalue weighted by atomic mass is 19.1. The number of benzene rings is 6. The molecule has 0 unspecified atom stereocenters. The van der Waals surface area contributed by atoms with Gasteiger partial charge in [-0.15, -0.1) is 0 Å². The average Bonchev–Trinajstić information content (AvgIpc) is 3.15. The summed E-state index contributed by atoms with van der Waals surface area (Å²) in [4.78, 5) is 2.19. The van der Waals surface area contributed by atoms with Crippen LogP contribution in [0.2, 0.25) is 0 Å². The van der Waals surface area contributed by atoms with Crippen molar-refractivity contribution in [1.29, 1.82) is 0 Å². The van der Waals surface area contributed by atoms with E-state index in [1.165, 1.54) is 0 Å². The molecule has 0 radical (unpaired) electrons. The normalized spacial score (nSPS) is 12.6. The van der Waals surface area contributed by atoms with Crippen LogP contribution in [-0.4, -0.2) is 0 Å². The molecule has 4 heteroatoms. The van der Waals surface area contributed by atoms with Crippen LogP contribution in [0.4, 0.5) is 30.2 Å². The van der Waals surface area contributed by atoms with E-state index in [4.69, 9.17) is 0 Å². The molecule has 0 aliphatic heterocycles. The maximum atomic E-state index is 14.9. The standard InChI is InChI=1S/C54H54F3N/c1-52(2,3)46-31-22-40(34-49(46)55)13-10-37-16-25-43(26-17-37)58(44-27-18-38(19-28-44)11-14-41-23-32-47(50(56)35-41)53(4,5)6)45-29-20-39(21-30-45)12-15-42-24-33-48(51(57)36-42)54(7,8)9/h10-36H,1-9H3. The topological polar surface area (TPSA) is 3.24 Å². The second kappa shape index (κ2) is 16.9. The minimum absolute atomic E-state index is 0.198. The summed E-state index contributed by atoms with van der Waals surface area (Å²) in [6.07, 6.45) is 11.8. The molecule has 0 atom stereocenters. The van der Waals surface area contributed by atoms with Gasteiger partial charge in [0.15, 0.2) is 0 Å². The van der Waals surface area contributed by atoms with Gasteiger partial charge < -0.3 is 4.90 Å². The number of anilines is 3. The van der Waals surface area contributed by atoms with Gasteiger partial charge >= 0.3 is 0 Å². The van der Waals surface area contributed by atoms with E-state index in [1.807, 2.05) is 135 Å². The first-order chi connectivity index (χ1) is 27.3. The van der Waals surface area contributed by atoms with Gasteiger partial charge in [0.2, 0.25) is 0 Å². The minimum atomic E-state index is -0.263. The van der Waals surface area contributed by atoms with Crippen LogP contribution < -0.4 is 4.90 Å². The lowest BCUT2D eigenvalue weighted by atomic mass is 9.86. The Bertz CT molecular complexity index is 2170. The van der Waals surface area contributed by atoms with Gasteiger partial charge in [-0.2, -0.15) is 0 Å². The first-order valence-corrected chi connectivity index (χ1v) is 19.9. The van der Waals surface area contributed by atoms with Gasteiger partial charge in [0.1, 0.15) is 17.5 Å². The smallest absolute Gasteiger partial charge is 0.127 e. The molecule has 0 N–H and O–H groups in total. The Morgan fingerprint density at radius 3 is 0.724 bits per heavy atom. The molecule has 0 bridgehead atoms. The summed E-state index contributed by atoms with van der Waals surface area (Å²) >= 11 is 0. The Morgan fingerprint density at radius 2 is 0.517 bits per heavy atom. The zero-order valence-corrected chi connectivity index (χ0v) is 35.2. The summed E-state index contributed by atoms with van der Waals surface area (Å²) in [6, 6.07) is 41.1. The zero-order valence-electron chi connectivity index (χ0n) is 35.2. The Balaban J connectivity index is 1.27. The molecule has 0 saturated carbocycles. The SMILES string of the molecule is CC(C)(C)c1ccc(C=Cc2ccc(N(c3ccc(C=Cc4ccc(C(C)(C)C)c(F)c4)cc3)c3ccc(C=Cc4ccc(C(C)(C)C)c(F)c4)cc3)cc2)cc1F. The van der Waals surface area contributed by atoms with Crippen LogP contribution in [0.25, 0.3) is 36.5 Å². The maximum Gasteiger partial charge on any atom is 0.127 e. The fourth-order valence-corrected chi connectivity index (χ4v) is 6.96. The molecule has 6 rings (SSSR count). The van der Waals surface area contributed by atoms with Gasteiger partial charge in [0.05, 0.1) is 0 Å². The van der Waals surface area contributed by atoms with Gasteiger partial charge in [-0.3, -0.25) is 0 Å². The number of hydrogen-bond donors (Lipinski definition) is 0. The Morgan fingerprint density at radius 1 is 0.310 bits per heavy atom. The van der Waals surface area contributed by atoms with Crippen molar-refractivity contribution >= 4 is 53.5 Å². The van der Waals surface area contributed by atoms with Crippen molar-refractivity contribution in [2.24, 2.45) is 0 Å². The quantitative estimate of drug-likeness (QED) is 0.132. The molecule has 6 aromatic carbocycles. The van der Waals surface area contributed by atoms with E-state index >= 15 is 0 Å². The third-order valence-corrected chi connectivity index (χ3v) is 10.3. The van der Waals surface area contributed by atoms with E-state index in [0.717, 1.165) is 50.4 Å². The average molecular weight is 774 g/mol. The molecule has 58 heavy (non-hydrogen) atoms. The molecule has 0 aromatic heterocycles. The van der Waals surface area contributed by atoms with Crippen LogP contribution in [0.1, 0.15) is 112 Å². The lowest BCUT2D eigenvalue weighted by Crippen LogP contribution is -2.13. The summed E-state index contributed by atoms with van der Waals surface area (Å²) in [5.41, 5.74) is 9.59. The second-order valence-electron chi connectivity index (χ2n) is 18.1. The predicted octanol–water partition coefficient (Wildman–Crippen LogP) is 16.0. The third-order valence-electron chi connectivity index (χ3n) is 10.3. The molecule has 0 aliphatic rings. The number of halogens is 3. The molecule has 6 aromatic rings. The molecular formula is C54H54F3N. The van der Waals surface area contributed by atoms with Crippen molar-refractivity contribution in [1.82, 2.24) is 0 Å². The summed E-state index contributed by atoms with van der Waals surface area (Å²) in [5.74, 6) is -0.595. The first kappa shape index (κ1) is 41.8. The zero-order chi connectivity index (χ0) is 41.8.